The molecule has 7 nitrogen and oxygen atoms in total. The number of nitro benzene ring substituents is 1. The number of amides is 2. The second-order valence-electron chi connectivity index (χ2n) is 8.94. The Bertz CT molecular complexity index is 956. The van der Waals surface area contributed by atoms with E-state index in [-0.39, 0.29) is 34.5 Å². The van der Waals surface area contributed by atoms with Gasteiger partial charge in [-0.3, -0.25) is 15.0 Å². The Morgan fingerprint density at radius 1 is 1.13 bits per heavy atom. The van der Waals surface area contributed by atoms with E-state index >= 15 is 0 Å². The Balaban J connectivity index is 1.98. The summed E-state index contributed by atoms with van der Waals surface area (Å²) in [5, 5.41) is 13.9. The van der Waals surface area contributed by atoms with E-state index in [0.717, 1.165) is 0 Å². The largest absolute Gasteiger partial charge is 0.495 e. The number of urea groups is 1. The highest BCUT2D eigenvalue weighted by molar-refractivity contribution is 6.03. The van der Waals surface area contributed by atoms with E-state index in [2.05, 4.69) is 33.0 Å². The summed E-state index contributed by atoms with van der Waals surface area (Å²) in [5.41, 5.74) is 1.09. The summed E-state index contributed by atoms with van der Waals surface area (Å²) >= 11 is 0. The van der Waals surface area contributed by atoms with Gasteiger partial charge in [-0.05, 0) is 41.9 Å². The predicted molar refractivity (Wildman–Crippen MR) is 118 cm³/mol. The molecule has 0 radical (unpaired) electrons. The second kappa shape index (κ2) is 7.63. The van der Waals surface area contributed by atoms with Crippen LogP contribution < -0.4 is 15.0 Å². The number of non-ortho nitro benzene ring substituents is 1. The van der Waals surface area contributed by atoms with Crippen LogP contribution in [0.15, 0.2) is 48.5 Å². The molecule has 1 aliphatic rings. The van der Waals surface area contributed by atoms with Crippen molar-refractivity contribution in [3.63, 3.8) is 0 Å². The van der Waals surface area contributed by atoms with Crippen molar-refractivity contribution in [2.24, 2.45) is 16.7 Å². The number of nitrogens with zero attached hydrogens (tertiary/aromatic N) is 2. The van der Waals surface area contributed by atoms with E-state index < -0.39 is 4.92 Å². The standard InChI is InChI=1S/C23H29N3O4/c1-15(20-22(2,3)23(20,4)5)25(18-12-7-8-13-19(18)30-6)21(27)24-16-10-9-11-17(14-16)26(28)29/h7-15,20H,1-6H3,(H,24,27)/t15-/m0/s1. The molecule has 1 saturated carbocycles. The van der Waals surface area contributed by atoms with Crippen LogP contribution in [0.3, 0.4) is 0 Å². The Morgan fingerprint density at radius 3 is 2.33 bits per heavy atom. The summed E-state index contributed by atoms with van der Waals surface area (Å²) in [6.45, 7) is 10.9. The van der Waals surface area contributed by atoms with Crippen LogP contribution in [0.2, 0.25) is 0 Å². The summed E-state index contributed by atoms with van der Waals surface area (Å²) in [6.07, 6.45) is 0. The summed E-state index contributed by atoms with van der Waals surface area (Å²) in [7, 11) is 1.57. The molecule has 0 bridgehead atoms. The lowest BCUT2D eigenvalue weighted by Gasteiger charge is -2.32. The van der Waals surface area contributed by atoms with Crippen molar-refractivity contribution < 1.29 is 14.5 Å². The molecule has 2 aromatic rings. The van der Waals surface area contributed by atoms with Gasteiger partial charge in [-0.15, -0.1) is 0 Å². The van der Waals surface area contributed by atoms with Crippen LogP contribution in [0.5, 0.6) is 5.75 Å². The number of methoxy groups -OCH3 is 1. The molecule has 0 aliphatic heterocycles. The average molecular weight is 412 g/mol. The molecule has 0 aromatic heterocycles. The summed E-state index contributed by atoms with van der Waals surface area (Å²) < 4.78 is 5.52. The normalized spacial score (nSPS) is 17.7. The zero-order chi connectivity index (χ0) is 22.3. The van der Waals surface area contributed by atoms with E-state index in [4.69, 9.17) is 4.74 Å². The first-order valence-corrected chi connectivity index (χ1v) is 10.00. The third kappa shape index (κ3) is 3.60. The lowest BCUT2D eigenvalue weighted by atomic mass is 10.0. The number of carbonyl (C=O) groups excluding carboxylic acids is 1. The molecule has 0 unspecified atom stereocenters. The summed E-state index contributed by atoms with van der Waals surface area (Å²) in [6, 6.07) is 12.9. The minimum atomic E-state index is -0.481. The topological polar surface area (TPSA) is 84.7 Å². The monoisotopic (exact) mass is 411 g/mol. The Hall–Kier alpha value is -3.09. The number of anilines is 2. The minimum absolute atomic E-state index is 0.0680. The van der Waals surface area contributed by atoms with Gasteiger partial charge in [0.2, 0.25) is 0 Å². The molecule has 0 spiro atoms. The van der Waals surface area contributed by atoms with Crippen LogP contribution in [0, 0.1) is 26.9 Å². The fraction of sp³-hybridized carbons (Fsp3) is 0.435. The first-order valence-electron chi connectivity index (χ1n) is 10.00. The molecule has 160 valence electrons. The number of para-hydroxylation sites is 2. The van der Waals surface area contributed by atoms with Crippen molar-refractivity contribution in [3.8, 4) is 5.75 Å². The van der Waals surface area contributed by atoms with Crippen LogP contribution >= 0.6 is 0 Å². The molecule has 30 heavy (non-hydrogen) atoms. The van der Waals surface area contributed by atoms with Gasteiger partial charge in [-0.25, -0.2) is 4.79 Å². The quantitative estimate of drug-likeness (QED) is 0.487. The van der Waals surface area contributed by atoms with Gasteiger partial charge in [0, 0.05) is 23.9 Å². The SMILES string of the molecule is COc1ccccc1N(C(=O)Nc1cccc([N+](=O)[O-])c1)[C@@H](C)C1C(C)(C)C1(C)C. The van der Waals surface area contributed by atoms with Gasteiger partial charge in [0.1, 0.15) is 5.75 Å². The molecule has 2 aromatic carbocycles. The average Bonchev–Trinajstić information content (AvgIpc) is 3.10. The zero-order valence-corrected chi connectivity index (χ0v) is 18.3. The minimum Gasteiger partial charge on any atom is -0.495 e. The zero-order valence-electron chi connectivity index (χ0n) is 18.3. The predicted octanol–water partition coefficient (Wildman–Crippen LogP) is 5.71. The smallest absolute Gasteiger partial charge is 0.326 e. The fourth-order valence-corrected chi connectivity index (χ4v) is 4.83. The number of ether oxygens (including phenoxy) is 1. The first-order chi connectivity index (χ1) is 14.0. The van der Waals surface area contributed by atoms with Crippen LogP contribution in [0.1, 0.15) is 34.6 Å². The lowest BCUT2D eigenvalue weighted by Crippen LogP contribution is -2.44. The molecule has 7 heteroatoms. The maximum absolute atomic E-state index is 13.4. The molecule has 1 atom stereocenters. The Kier molecular flexibility index (Phi) is 5.50. The van der Waals surface area contributed by atoms with Crippen molar-refractivity contribution in [1.29, 1.82) is 0 Å². The number of carbonyl (C=O) groups is 1. The first kappa shape index (κ1) is 21.6. The van der Waals surface area contributed by atoms with Crippen molar-refractivity contribution in [2.45, 2.75) is 40.7 Å². The third-order valence-electron chi connectivity index (χ3n) is 6.89. The molecule has 2 amide bonds. The number of benzene rings is 2. The second-order valence-corrected chi connectivity index (χ2v) is 8.94. The molecule has 0 heterocycles. The highest BCUT2D eigenvalue weighted by Crippen LogP contribution is 2.70. The van der Waals surface area contributed by atoms with Gasteiger partial charge in [0.25, 0.3) is 5.69 Å². The van der Waals surface area contributed by atoms with E-state index in [1.807, 2.05) is 31.2 Å². The van der Waals surface area contributed by atoms with Crippen molar-refractivity contribution >= 4 is 23.1 Å². The molecule has 1 fully saturated rings. The Morgan fingerprint density at radius 2 is 1.77 bits per heavy atom. The summed E-state index contributed by atoms with van der Waals surface area (Å²) in [4.78, 5) is 25.8. The van der Waals surface area contributed by atoms with Crippen molar-refractivity contribution in [3.05, 3.63) is 58.6 Å². The van der Waals surface area contributed by atoms with Gasteiger partial charge in [-0.2, -0.15) is 0 Å². The van der Waals surface area contributed by atoms with E-state index in [1.54, 1.807) is 24.1 Å². The van der Waals surface area contributed by atoms with Crippen LogP contribution in [0.4, 0.5) is 21.9 Å². The highest BCUT2D eigenvalue weighted by atomic mass is 16.6. The molecule has 0 saturated heterocycles. The maximum atomic E-state index is 13.4. The number of nitrogens with one attached hydrogen (secondary N) is 1. The number of hydrogen-bond donors (Lipinski definition) is 1. The van der Waals surface area contributed by atoms with Crippen LogP contribution in [-0.4, -0.2) is 24.1 Å². The molecular weight excluding hydrogens is 382 g/mol. The van der Waals surface area contributed by atoms with Crippen LogP contribution in [0.25, 0.3) is 0 Å². The van der Waals surface area contributed by atoms with Crippen molar-refractivity contribution in [2.75, 3.05) is 17.3 Å². The van der Waals surface area contributed by atoms with Crippen LogP contribution in [-0.2, 0) is 0 Å². The van der Waals surface area contributed by atoms with Gasteiger partial charge >= 0.3 is 6.03 Å². The van der Waals surface area contributed by atoms with Gasteiger partial charge in [0.05, 0.1) is 17.7 Å². The van der Waals surface area contributed by atoms with Crippen molar-refractivity contribution in [1.82, 2.24) is 0 Å². The summed E-state index contributed by atoms with van der Waals surface area (Å²) in [5.74, 6) is 0.862. The molecule has 1 aliphatic carbocycles. The maximum Gasteiger partial charge on any atom is 0.326 e. The Labute approximate surface area is 177 Å². The fourth-order valence-electron chi connectivity index (χ4n) is 4.83. The third-order valence-corrected chi connectivity index (χ3v) is 6.89. The number of nitro groups is 1. The molecular formula is C23H29N3O4. The van der Waals surface area contributed by atoms with Gasteiger partial charge in [-0.1, -0.05) is 45.9 Å². The van der Waals surface area contributed by atoms with E-state index in [9.17, 15) is 14.9 Å². The number of hydrogen-bond acceptors (Lipinski definition) is 4. The molecule has 1 N–H and O–H groups in total. The van der Waals surface area contributed by atoms with Gasteiger partial charge in [0.15, 0.2) is 0 Å². The molecule has 3 rings (SSSR count). The highest BCUT2D eigenvalue weighted by Gasteiger charge is 2.67. The number of rotatable bonds is 6. The van der Waals surface area contributed by atoms with E-state index in [0.29, 0.717) is 17.1 Å². The van der Waals surface area contributed by atoms with Gasteiger partial charge < -0.3 is 10.1 Å². The lowest BCUT2D eigenvalue weighted by molar-refractivity contribution is -0.384. The van der Waals surface area contributed by atoms with E-state index in [1.165, 1.54) is 12.1 Å².